The number of nitrogens with one attached hydrogen (secondary N) is 1. The highest BCUT2D eigenvalue weighted by Gasteiger charge is 2.32. The lowest BCUT2D eigenvalue weighted by Gasteiger charge is -2.37. The molecule has 1 aliphatic rings. The molecule has 0 radical (unpaired) electrons. The molecule has 4 heteroatoms. The Morgan fingerprint density at radius 3 is 2.79 bits per heavy atom. The quantitative estimate of drug-likeness (QED) is 0.471. The minimum Gasteiger partial charge on any atom is -0.271 e. The van der Waals surface area contributed by atoms with Crippen molar-refractivity contribution in [3.8, 4) is 0 Å². The summed E-state index contributed by atoms with van der Waals surface area (Å²) in [5.41, 5.74) is 4.12. The van der Waals surface area contributed by atoms with Gasteiger partial charge in [0.15, 0.2) is 0 Å². The van der Waals surface area contributed by atoms with E-state index in [1.807, 2.05) is 6.07 Å². The van der Waals surface area contributed by atoms with Crippen LogP contribution in [0.3, 0.4) is 0 Å². The van der Waals surface area contributed by atoms with Gasteiger partial charge < -0.3 is 0 Å². The summed E-state index contributed by atoms with van der Waals surface area (Å²) in [6.45, 7) is 2.26. The van der Waals surface area contributed by atoms with Crippen molar-refractivity contribution in [2.75, 3.05) is 0 Å². The molecule has 106 valence electrons. The van der Waals surface area contributed by atoms with Crippen LogP contribution in [0.25, 0.3) is 0 Å². The number of nitrogens with two attached hydrogens (primary N) is 1. The Balaban J connectivity index is 2.27. The van der Waals surface area contributed by atoms with Crippen molar-refractivity contribution < 1.29 is 4.39 Å². The molecule has 0 aliphatic heterocycles. The highest BCUT2D eigenvalue weighted by molar-refractivity contribution is 14.1. The highest BCUT2D eigenvalue weighted by atomic mass is 127. The standard InChI is InChI=1S/C15H22FIN2/c1-2-10-5-3-4-6-12(10)15(19-18)13-8-7-11(16)9-14(13)17/h7-10,12,15,19H,2-6,18H2,1H3. The zero-order chi connectivity index (χ0) is 13.8. The Hall–Kier alpha value is -0.200. The molecule has 0 saturated heterocycles. The van der Waals surface area contributed by atoms with Crippen molar-refractivity contribution in [2.24, 2.45) is 17.7 Å². The Bertz CT molecular complexity index is 425. The Morgan fingerprint density at radius 2 is 2.16 bits per heavy atom. The maximum atomic E-state index is 13.2. The molecule has 1 aromatic carbocycles. The van der Waals surface area contributed by atoms with Gasteiger partial charge in [-0.2, -0.15) is 0 Å². The lowest BCUT2D eigenvalue weighted by Crippen LogP contribution is -2.38. The van der Waals surface area contributed by atoms with Crippen molar-refractivity contribution in [1.29, 1.82) is 0 Å². The van der Waals surface area contributed by atoms with Crippen molar-refractivity contribution in [1.82, 2.24) is 5.43 Å². The number of benzene rings is 1. The predicted molar refractivity (Wildman–Crippen MR) is 84.9 cm³/mol. The molecular formula is C15H22FIN2. The topological polar surface area (TPSA) is 38.0 Å². The van der Waals surface area contributed by atoms with E-state index in [1.54, 1.807) is 6.07 Å². The summed E-state index contributed by atoms with van der Waals surface area (Å²) in [7, 11) is 0. The first-order chi connectivity index (χ1) is 9.17. The molecule has 19 heavy (non-hydrogen) atoms. The van der Waals surface area contributed by atoms with Gasteiger partial charge in [-0.1, -0.05) is 38.7 Å². The van der Waals surface area contributed by atoms with E-state index in [1.165, 1.54) is 38.2 Å². The monoisotopic (exact) mass is 376 g/mol. The summed E-state index contributed by atoms with van der Waals surface area (Å²) in [4.78, 5) is 0. The summed E-state index contributed by atoms with van der Waals surface area (Å²) in [5, 5.41) is 0. The van der Waals surface area contributed by atoms with Gasteiger partial charge in [-0.05, 0) is 58.5 Å². The van der Waals surface area contributed by atoms with Crippen LogP contribution in [0.15, 0.2) is 18.2 Å². The van der Waals surface area contributed by atoms with Crippen LogP contribution in [0.4, 0.5) is 4.39 Å². The molecule has 0 heterocycles. The Labute approximate surface area is 128 Å². The van der Waals surface area contributed by atoms with Gasteiger partial charge in [-0.25, -0.2) is 4.39 Å². The fourth-order valence-corrected chi connectivity index (χ4v) is 4.19. The average Bonchev–Trinajstić information content (AvgIpc) is 2.42. The van der Waals surface area contributed by atoms with Crippen LogP contribution < -0.4 is 11.3 Å². The SMILES string of the molecule is CCC1CCCCC1C(NN)c1ccc(F)cc1I. The molecule has 1 aliphatic carbocycles. The van der Waals surface area contributed by atoms with E-state index in [4.69, 9.17) is 5.84 Å². The fraction of sp³-hybridized carbons (Fsp3) is 0.600. The molecule has 2 rings (SSSR count). The molecule has 0 amide bonds. The third kappa shape index (κ3) is 3.47. The fourth-order valence-electron chi connectivity index (χ4n) is 3.38. The number of halogens is 2. The van der Waals surface area contributed by atoms with Crippen LogP contribution in [0.1, 0.15) is 50.6 Å². The maximum Gasteiger partial charge on any atom is 0.124 e. The lowest BCUT2D eigenvalue weighted by molar-refractivity contribution is 0.175. The molecule has 0 bridgehead atoms. The number of rotatable bonds is 4. The Morgan fingerprint density at radius 1 is 1.42 bits per heavy atom. The average molecular weight is 376 g/mol. The van der Waals surface area contributed by atoms with Crippen LogP contribution in [-0.2, 0) is 0 Å². The second-order valence-electron chi connectivity index (χ2n) is 5.43. The summed E-state index contributed by atoms with van der Waals surface area (Å²) >= 11 is 2.20. The van der Waals surface area contributed by atoms with Crippen molar-refractivity contribution in [3.05, 3.63) is 33.1 Å². The molecule has 3 atom stereocenters. The minimum absolute atomic E-state index is 0.137. The molecule has 1 saturated carbocycles. The number of hydrazine groups is 1. The van der Waals surface area contributed by atoms with Gasteiger partial charge in [-0.3, -0.25) is 11.3 Å². The lowest BCUT2D eigenvalue weighted by atomic mass is 9.72. The van der Waals surface area contributed by atoms with Gasteiger partial charge in [-0.15, -0.1) is 0 Å². The zero-order valence-corrected chi connectivity index (χ0v) is 13.5. The van der Waals surface area contributed by atoms with E-state index in [0.29, 0.717) is 5.92 Å². The molecule has 0 aromatic heterocycles. The first kappa shape index (κ1) is 15.2. The third-order valence-corrected chi connectivity index (χ3v) is 5.33. The van der Waals surface area contributed by atoms with Gasteiger partial charge in [0, 0.05) is 3.57 Å². The van der Waals surface area contributed by atoms with Gasteiger partial charge in [0.05, 0.1) is 6.04 Å². The van der Waals surface area contributed by atoms with E-state index in [0.717, 1.165) is 15.1 Å². The van der Waals surface area contributed by atoms with Crippen LogP contribution in [-0.4, -0.2) is 0 Å². The van der Waals surface area contributed by atoms with Crippen LogP contribution in [0, 0.1) is 21.2 Å². The molecule has 2 nitrogen and oxygen atoms in total. The largest absolute Gasteiger partial charge is 0.271 e. The normalized spacial score (nSPS) is 25.3. The summed E-state index contributed by atoms with van der Waals surface area (Å²) in [5.74, 6) is 6.91. The van der Waals surface area contributed by atoms with E-state index in [-0.39, 0.29) is 11.9 Å². The molecule has 1 aromatic rings. The van der Waals surface area contributed by atoms with E-state index >= 15 is 0 Å². The predicted octanol–water partition coefficient (Wildman–Crippen LogP) is 4.15. The maximum absolute atomic E-state index is 13.2. The van der Waals surface area contributed by atoms with E-state index < -0.39 is 0 Å². The van der Waals surface area contributed by atoms with Gasteiger partial charge in [0.1, 0.15) is 5.82 Å². The zero-order valence-electron chi connectivity index (χ0n) is 11.3. The van der Waals surface area contributed by atoms with Crippen molar-refractivity contribution >= 4 is 22.6 Å². The van der Waals surface area contributed by atoms with Gasteiger partial charge >= 0.3 is 0 Å². The van der Waals surface area contributed by atoms with Crippen molar-refractivity contribution in [3.63, 3.8) is 0 Å². The molecule has 3 unspecified atom stereocenters. The van der Waals surface area contributed by atoms with Crippen molar-refractivity contribution in [2.45, 2.75) is 45.1 Å². The second-order valence-corrected chi connectivity index (χ2v) is 6.59. The third-order valence-electron chi connectivity index (χ3n) is 4.40. The van der Waals surface area contributed by atoms with Gasteiger partial charge in [0.25, 0.3) is 0 Å². The molecule has 1 fully saturated rings. The number of hydrogen-bond donors (Lipinski definition) is 2. The minimum atomic E-state index is -0.181. The summed E-state index contributed by atoms with van der Waals surface area (Å²) in [6, 6.07) is 5.14. The molecule has 0 spiro atoms. The first-order valence-corrected chi connectivity index (χ1v) is 8.16. The number of hydrogen-bond acceptors (Lipinski definition) is 2. The van der Waals surface area contributed by atoms with E-state index in [2.05, 4.69) is 34.9 Å². The van der Waals surface area contributed by atoms with Gasteiger partial charge in [0.2, 0.25) is 0 Å². The molecule has 3 N–H and O–H groups in total. The Kier molecular flexibility index (Phi) is 5.59. The summed E-state index contributed by atoms with van der Waals surface area (Å²) in [6.07, 6.45) is 6.29. The summed E-state index contributed by atoms with van der Waals surface area (Å²) < 4.78 is 14.2. The smallest absolute Gasteiger partial charge is 0.124 e. The second kappa shape index (κ2) is 6.99. The van der Waals surface area contributed by atoms with Crippen LogP contribution >= 0.6 is 22.6 Å². The highest BCUT2D eigenvalue weighted by Crippen LogP contribution is 2.40. The van der Waals surface area contributed by atoms with Crippen LogP contribution in [0.2, 0.25) is 0 Å². The first-order valence-electron chi connectivity index (χ1n) is 7.08. The molecular weight excluding hydrogens is 354 g/mol. The van der Waals surface area contributed by atoms with Crippen LogP contribution in [0.5, 0.6) is 0 Å². The van der Waals surface area contributed by atoms with E-state index in [9.17, 15) is 4.39 Å².